The summed E-state index contributed by atoms with van der Waals surface area (Å²) in [5.74, 6) is 0.344. The van der Waals surface area contributed by atoms with Gasteiger partial charge >= 0.3 is 5.97 Å². The van der Waals surface area contributed by atoms with Crippen LogP contribution < -0.4 is 4.74 Å². The summed E-state index contributed by atoms with van der Waals surface area (Å²) in [5, 5.41) is 0.961. The van der Waals surface area contributed by atoms with E-state index in [2.05, 4.69) is 4.98 Å². The van der Waals surface area contributed by atoms with Crippen molar-refractivity contribution in [1.29, 1.82) is 0 Å². The number of carbonyl (C=O) groups excluding carboxylic acids is 1. The summed E-state index contributed by atoms with van der Waals surface area (Å²) in [6.45, 7) is 2.45. The number of hydrogen-bond donors (Lipinski definition) is 0. The molecule has 1 aromatic heterocycles. The van der Waals surface area contributed by atoms with Crippen LogP contribution in [0, 0.1) is 6.92 Å². The Balaban J connectivity index is 1.87. The lowest BCUT2D eigenvalue weighted by Gasteiger charge is -2.09. The highest BCUT2D eigenvalue weighted by atomic mass is 16.5. The van der Waals surface area contributed by atoms with Crippen LogP contribution in [0.5, 0.6) is 5.75 Å². The highest BCUT2D eigenvalue weighted by molar-refractivity contribution is 5.92. The Morgan fingerprint density at radius 2 is 1.87 bits per heavy atom. The lowest BCUT2D eigenvalue weighted by Crippen LogP contribution is -2.05. The van der Waals surface area contributed by atoms with E-state index in [1.807, 2.05) is 55.5 Å². The molecule has 3 rings (SSSR count). The number of carbonyl (C=O) groups is 1. The summed E-state index contributed by atoms with van der Waals surface area (Å²) < 4.78 is 10.6. The molecule has 23 heavy (non-hydrogen) atoms. The van der Waals surface area contributed by atoms with Gasteiger partial charge in [-0.05, 0) is 42.3 Å². The third-order valence-electron chi connectivity index (χ3n) is 3.63. The molecule has 0 saturated heterocycles. The molecular weight excluding hydrogens is 290 g/mol. The van der Waals surface area contributed by atoms with Crippen LogP contribution >= 0.6 is 0 Å². The van der Waals surface area contributed by atoms with Crippen LogP contribution in [-0.4, -0.2) is 18.1 Å². The van der Waals surface area contributed by atoms with Crippen molar-refractivity contribution in [3.05, 3.63) is 71.4 Å². The molecule has 1 heterocycles. The molecule has 0 saturated carbocycles. The van der Waals surface area contributed by atoms with Gasteiger partial charge in [0.2, 0.25) is 0 Å². The van der Waals surface area contributed by atoms with E-state index in [0.29, 0.717) is 12.3 Å². The first kappa shape index (κ1) is 15.0. The molecule has 0 aliphatic carbocycles. The highest BCUT2D eigenvalue weighted by Crippen LogP contribution is 2.24. The van der Waals surface area contributed by atoms with Crippen LogP contribution in [0.2, 0.25) is 0 Å². The number of aryl methyl sites for hydroxylation is 1. The van der Waals surface area contributed by atoms with Crippen molar-refractivity contribution < 1.29 is 14.3 Å². The van der Waals surface area contributed by atoms with Crippen LogP contribution in [0.25, 0.3) is 10.9 Å². The molecule has 2 aromatic carbocycles. The normalized spacial score (nSPS) is 10.5. The molecule has 0 radical (unpaired) electrons. The van der Waals surface area contributed by atoms with Gasteiger partial charge in [-0.25, -0.2) is 9.78 Å². The maximum Gasteiger partial charge on any atom is 0.356 e. The average molecular weight is 307 g/mol. The lowest BCUT2D eigenvalue weighted by atomic mass is 10.1. The Kier molecular flexibility index (Phi) is 4.24. The molecule has 0 spiro atoms. The number of pyridine rings is 1. The molecular formula is C19H17NO3. The molecule has 116 valence electrons. The van der Waals surface area contributed by atoms with E-state index in [4.69, 9.17) is 9.47 Å². The minimum absolute atomic E-state index is 0.315. The predicted octanol–water partition coefficient (Wildman–Crippen LogP) is 3.91. The minimum atomic E-state index is -0.431. The summed E-state index contributed by atoms with van der Waals surface area (Å²) in [4.78, 5) is 16.0. The van der Waals surface area contributed by atoms with Gasteiger partial charge in [-0.15, -0.1) is 0 Å². The summed E-state index contributed by atoms with van der Waals surface area (Å²) >= 11 is 0. The number of methoxy groups -OCH3 is 1. The molecule has 0 N–H and O–H groups in total. The second kappa shape index (κ2) is 6.48. The smallest absolute Gasteiger partial charge is 0.356 e. The van der Waals surface area contributed by atoms with Gasteiger partial charge in [-0.1, -0.05) is 30.3 Å². The predicted molar refractivity (Wildman–Crippen MR) is 88.6 cm³/mol. The molecule has 3 aromatic rings. The first-order valence-corrected chi connectivity index (χ1v) is 7.34. The van der Waals surface area contributed by atoms with Crippen molar-refractivity contribution in [2.75, 3.05) is 7.11 Å². The van der Waals surface area contributed by atoms with Crippen molar-refractivity contribution in [3.63, 3.8) is 0 Å². The van der Waals surface area contributed by atoms with Crippen LogP contribution in [0.3, 0.4) is 0 Å². The highest BCUT2D eigenvalue weighted by Gasteiger charge is 2.11. The minimum Gasteiger partial charge on any atom is -0.489 e. The maximum absolute atomic E-state index is 11.6. The Morgan fingerprint density at radius 1 is 1.09 bits per heavy atom. The second-order valence-corrected chi connectivity index (χ2v) is 5.27. The standard InChI is InChI=1S/C19H17NO3/c1-13-10-18(19(21)22-2)20-17-9-8-15(11-16(13)17)23-12-14-6-4-3-5-7-14/h3-11H,12H2,1-2H3. The fourth-order valence-corrected chi connectivity index (χ4v) is 2.41. The molecule has 0 unspecified atom stereocenters. The third kappa shape index (κ3) is 3.31. The van der Waals surface area contributed by atoms with Crippen molar-refractivity contribution in [1.82, 2.24) is 4.98 Å². The van der Waals surface area contributed by atoms with Crippen LogP contribution in [-0.2, 0) is 11.3 Å². The van der Waals surface area contributed by atoms with E-state index in [9.17, 15) is 4.79 Å². The molecule has 4 heteroatoms. The number of benzene rings is 2. The van der Waals surface area contributed by atoms with E-state index in [-0.39, 0.29) is 0 Å². The first-order chi connectivity index (χ1) is 11.2. The summed E-state index contributed by atoms with van der Waals surface area (Å²) in [6.07, 6.45) is 0. The van der Waals surface area contributed by atoms with Crippen molar-refractivity contribution in [3.8, 4) is 5.75 Å². The quantitative estimate of drug-likeness (QED) is 0.686. The molecule has 0 amide bonds. The first-order valence-electron chi connectivity index (χ1n) is 7.34. The van der Waals surface area contributed by atoms with Gasteiger partial charge < -0.3 is 9.47 Å². The van der Waals surface area contributed by atoms with Gasteiger partial charge in [0, 0.05) is 5.39 Å². The average Bonchev–Trinajstić information content (AvgIpc) is 2.60. The Bertz CT molecular complexity index is 844. The largest absolute Gasteiger partial charge is 0.489 e. The van der Waals surface area contributed by atoms with Crippen LogP contribution in [0.15, 0.2) is 54.6 Å². The molecule has 4 nitrogen and oxygen atoms in total. The van der Waals surface area contributed by atoms with Gasteiger partial charge in [-0.2, -0.15) is 0 Å². The van der Waals surface area contributed by atoms with Gasteiger partial charge in [0.25, 0.3) is 0 Å². The topological polar surface area (TPSA) is 48.4 Å². The van der Waals surface area contributed by atoms with Gasteiger partial charge in [0.1, 0.15) is 18.1 Å². The number of rotatable bonds is 4. The van der Waals surface area contributed by atoms with Crippen LogP contribution in [0.4, 0.5) is 0 Å². The molecule has 0 bridgehead atoms. The van der Waals surface area contributed by atoms with Crippen molar-refractivity contribution >= 4 is 16.9 Å². The number of ether oxygens (including phenoxy) is 2. The number of hydrogen-bond acceptors (Lipinski definition) is 4. The summed E-state index contributed by atoms with van der Waals surface area (Å²) in [5.41, 5.74) is 3.14. The molecule has 0 aliphatic heterocycles. The molecule has 0 aliphatic rings. The SMILES string of the molecule is COC(=O)c1cc(C)c2cc(OCc3ccccc3)ccc2n1. The van der Waals surface area contributed by atoms with E-state index in [1.165, 1.54) is 7.11 Å². The number of nitrogens with zero attached hydrogens (tertiary/aromatic N) is 1. The maximum atomic E-state index is 11.6. The zero-order chi connectivity index (χ0) is 16.2. The van der Waals surface area contributed by atoms with E-state index in [1.54, 1.807) is 6.07 Å². The summed E-state index contributed by atoms with van der Waals surface area (Å²) in [7, 11) is 1.35. The zero-order valence-electron chi connectivity index (χ0n) is 13.1. The summed E-state index contributed by atoms with van der Waals surface area (Å²) in [6, 6.07) is 17.4. The van der Waals surface area contributed by atoms with E-state index in [0.717, 1.165) is 27.8 Å². The fraction of sp³-hybridized carbons (Fsp3) is 0.158. The van der Waals surface area contributed by atoms with E-state index >= 15 is 0 Å². The van der Waals surface area contributed by atoms with Crippen molar-refractivity contribution in [2.45, 2.75) is 13.5 Å². The monoisotopic (exact) mass is 307 g/mol. The Labute approximate surface area is 134 Å². The van der Waals surface area contributed by atoms with E-state index < -0.39 is 5.97 Å². The zero-order valence-corrected chi connectivity index (χ0v) is 13.1. The number of aromatic nitrogens is 1. The number of fused-ring (bicyclic) bond motifs is 1. The van der Waals surface area contributed by atoms with Crippen LogP contribution in [0.1, 0.15) is 21.6 Å². The van der Waals surface area contributed by atoms with Gasteiger partial charge in [0.15, 0.2) is 0 Å². The molecule has 0 fully saturated rings. The van der Waals surface area contributed by atoms with Gasteiger partial charge in [-0.3, -0.25) is 0 Å². The van der Waals surface area contributed by atoms with Crippen molar-refractivity contribution in [2.24, 2.45) is 0 Å². The fourth-order valence-electron chi connectivity index (χ4n) is 2.41. The Morgan fingerprint density at radius 3 is 2.61 bits per heavy atom. The lowest BCUT2D eigenvalue weighted by molar-refractivity contribution is 0.0594. The third-order valence-corrected chi connectivity index (χ3v) is 3.63. The molecule has 0 atom stereocenters. The van der Waals surface area contributed by atoms with Gasteiger partial charge in [0.05, 0.1) is 12.6 Å². The number of esters is 1. The second-order valence-electron chi connectivity index (χ2n) is 5.27. The Hall–Kier alpha value is -2.88.